The molecule has 182 valence electrons. The molecule has 1 aromatic carbocycles. The van der Waals surface area contributed by atoms with E-state index in [0.717, 1.165) is 15.6 Å². The van der Waals surface area contributed by atoms with Crippen LogP contribution in [0.3, 0.4) is 0 Å². The fourth-order valence-corrected chi connectivity index (χ4v) is 6.11. The Morgan fingerprint density at radius 3 is 2.33 bits per heavy atom. The van der Waals surface area contributed by atoms with Gasteiger partial charge in [0, 0.05) is 14.9 Å². The number of aliphatic hydroxyl groups is 1. The smallest absolute Gasteiger partial charge is 0.356 e. The monoisotopic (exact) mass is 534 g/mol. The minimum Gasteiger partial charge on any atom is -0.388 e. The van der Waals surface area contributed by atoms with Crippen LogP contribution in [-0.2, 0) is 31.5 Å². The molecule has 0 saturated heterocycles. The van der Waals surface area contributed by atoms with E-state index in [4.69, 9.17) is 37.0 Å². The highest BCUT2D eigenvalue weighted by Crippen LogP contribution is 2.47. The summed E-state index contributed by atoms with van der Waals surface area (Å²) in [7, 11) is -3.26. The van der Waals surface area contributed by atoms with E-state index in [1.807, 2.05) is 30.5 Å². The maximum atomic E-state index is 12.4. The van der Waals surface area contributed by atoms with Gasteiger partial charge in [0.15, 0.2) is 0 Å². The van der Waals surface area contributed by atoms with Crippen molar-refractivity contribution in [3.8, 4) is 11.8 Å². The first-order valence-electron chi connectivity index (χ1n) is 10.5. The van der Waals surface area contributed by atoms with Gasteiger partial charge in [0.1, 0.15) is 30.4 Å². The van der Waals surface area contributed by atoms with Gasteiger partial charge in [-0.2, -0.15) is 0 Å². The highest BCUT2D eigenvalue weighted by molar-refractivity contribution is 7.99. The number of nitrogens with zero attached hydrogens (tertiary/aromatic N) is 2. The van der Waals surface area contributed by atoms with Gasteiger partial charge >= 0.3 is 7.60 Å². The number of aliphatic hydroxyl groups excluding tert-OH is 1. The third kappa shape index (κ3) is 8.61. The molecule has 0 aliphatic rings. The van der Waals surface area contributed by atoms with Gasteiger partial charge in [0.25, 0.3) is 0 Å². The van der Waals surface area contributed by atoms with Crippen molar-refractivity contribution in [1.82, 2.24) is 9.55 Å². The summed E-state index contributed by atoms with van der Waals surface area (Å²) in [5, 5.41) is 11.8. The molecule has 0 saturated carbocycles. The second-order valence-corrected chi connectivity index (χ2v) is 11.0. The van der Waals surface area contributed by atoms with Crippen LogP contribution in [0.15, 0.2) is 28.1 Å². The number of aromatic nitrogens is 2. The zero-order valence-corrected chi connectivity index (χ0v) is 22.4. The number of halogens is 2. The van der Waals surface area contributed by atoms with Crippen molar-refractivity contribution in [3.63, 3.8) is 0 Å². The number of imidazole rings is 1. The molecule has 0 bridgehead atoms. The van der Waals surface area contributed by atoms with Gasteiger partial charge < -0.3 is 23.5 Å². The molecule has 0 atom stereocenters. The minimum atomic E-state index is -3.26. The summed E-state index contributed by atoms with van der Waals surface area (Å²) in [6, 6.07) is 5.33. The topological polar surface area (TPSA) is 82.8 Å². The lowest BCUT2D eigenvalue weighted by Crippen LogP contribution is -2.05. The fraction of sp³-hybridized carbons (Fsp3) is 0.500. The Labute approximate surface area is 209 Å². The first kappa shape index (κ1) is 28.2. The van der Waals surface area contributed by atoms with E-state index in [1.165, 1.54) is 11.8 Å². The van der Waals surface area contributed by atoms with Crippen LogP contribution in [-0.4, -0.2) is 40.8 Å². The van der Waals surface area contributed by atoms with Gasteiger partial charge in [0.05, 0.1) is 25.5 Å². The van der Waals surface area contributed by atoms with Crippen molar-refractivity contribution in [2.45, 2.75) is 56.7 Å². The van der Waals surface area contributed by atoms with Crippen LogP contribution >= 0.6 is 42.6 Å². The van der Waals surface area contributed by atoms with Crippen molar-refractivity contribution < 1.29 is 23.5 Å². The molecule has 7 nitrogen and oxygen atoms in total. The second kappa shape index (κ2) is 13.8. The van der Waals surface area contributed by atoms with Crippen molar-refractivity contribution in [1.29, 1.82) is 0 Å². The second-order valence-electron chi connectivity index (χ2n) is 7.10. The SMILES string of the molecule is CCOP(=O)(COCC#CCn1c(CO)nc(C(C)C)c1Sc1cc(Cl)cc(Cl)c1)OCC. The van der Waals surface area contributed by atoms with Crippen LogP contribution in [0.25, 0.3) is 0 Å². The number of ether oxygens (including phenoxy) is 1. The molecule has 11 heteroatoms. The van der Waals surface area contributed by atoms with E-state index >= 15 is 0 Å². The molecule has 2 rings (SSSR count). The molecule has 0 unspecified atom stereocenters. The summed E-state index contributed by atoms with van der Waals surface area (Å²) in [6.07, 6.45) is -0.162. The molecule has 0 aliphatic carbocycles. The molecule has 33 heavy (non-hydrogen) atoms. The fourth-order valence-electron chi connectivity index (χ4n) is 2.87. The van der Waals surface area contributed by atoms with E-state index < -0.39 is 7.60 Å². The minimum absolute atomic E-state index is 0.0662. The Morgan fingerprint density at radius 1 is 1.15 bits per heavy atom. The largest absolute Gasteiger partial charge is 0.388 e. The van der Waals surface area contributed by atoms with Crippen molar-refractivity contribution in [2.24, 2.45) is 0 Å². The standard InChI is InChI=1S/C22H29Cl2N2O5PS/c1-5-30-32(28,31-6-2)15-29-10-8-7-9-26-20(14-27)25-21(16(3)4)22(26)33-19-12-17(23)11-18(24)13-19/h11-13,16,27H,5-6,9-10,14-15H2,1-4H3. The van der Waals surface area contributed by atoms with Crippen molar-refractivity contribution in [3.05, 3.63) is 39.8 Å². The van der Waals surface area contributed by atoms with Gasteiger partial charge in [-0.3, -0.25) is 4.57 Å². The molecule has 2 aromatic rings. The van der Waals surface area contributed by atoms with Crippen LogP contribution in [0.1, 0.15) is 45.1 Å². The maximum Gasteiger partial charge on any atom is 0.356 e. The molecule has 0 spiro atoms. The van der Waals surface area contributed by atoms with Crippen molar-refractivity contribution >= 4 is 42.6 Å². The predicted octanol–water partition coefficient (Wildman–Crippen LogP) is 6.20. The highest BCUT2D eigenvalue weighted by atomic mass is 35.5. The number of hydrogen-bond acceptors (Lipinski definition) is 7. The molecule has 0 fully saturated rings. The Bertz CT molecular complexity index is 1010. The normalized spacial score (nSPS) is 11.6. The lowest BCUT2D eigenvalue weighted by molar-refractivity contribution is 0.152. The maximum absolute atomic E-state index is 12.4. The summed E-state index contributed by atoms with van der Waals surface area (Å²) >= 11 is 13.8. The highest BCUT2D eigenvalue weighted by Gasteiger charge is 2.23. The van der Waals surface area contributed by atoms with E-state index in [0.29, 0.717) is 22.4 Å². The quantitative estimate of drug-likeness (QED) is 0.197. The molecular weight excluding hydrogens is 506 g/mol. The molecule has 1 N–H and O–H groups in total. The Kier molecular flexibility index (Phi) is 11.8. The molecule has 0 aliphatic heterocycles. The lowest BCUT2D eigenvalue weighted by atomic mass is 10.1. The molecule has 0 amide bonds. The molecule has 0 radical (unpaired) electrons. The van der Waals surface area contributed by atoms with Crippen LogP contribution in [0.2, 0.25) is 10.0 Å². The third-order valence-corrected chi connectivity index (χ3v) is 7.53. The first-order valence-corrected chi connectivity index (χ1v) is 13.8. The summed E-state index contributed by atoms with van der Waals surface area (Å²) in [5.74, 6) is 6.58. The average molecular weight is 535 g/mol. The third-order valence-electron chi connectivity index (χ3n) is 4.20. The summed E-state index contributed by atoms with van der Waals surface area (Å²) in [4.78, 5) is 5.47. The Hall–Kier alpha value is -1.01. The average Bonchev–Trinajstić information content (AvgIpc) is 3.07. The van der Waals surface area contributed by atoms with Crippen LogP contribution in [0.5, 0.6) is 0 Å². The molecular formula is C22H29Cl2N2O5PS. The zero-order valence-electron chi connectivity index (χ0n) is 19.1. The van der Waals surface area contributed by atoms with Gasteiger partial charge in [-0.15, -0.1) is 0 Å². The van der Waals surface area contributed by atoms with Crippen LogP contribution < -0.4 is 0 Å². The van der Waals surface area contributed by atoms with E-state index in [2.05, 4.69) is 16.8 Å². The van der Waals surface area contributed by atoms with E-state index in [1.54, 1.807) is 19.9 Å². The number of benzene rings is 1. The van der Waals surface area contributed by atoms with Crippen molar-refractivity contribution in [2.75, 3.05) is 26.2 Å². The van der Waals surface area contributed by atoms with E-state index in [9.17, 15) is 9.67 Å². The van der Waals surface area contributed by atoms with Gasteiger partial charge in [-0.05, 0) is 38.0 Å². The van der Waals surface area contributed by atoms with Crippen LogP contribution in [0.4, 0.5) is 0 Å². The summed E-state index contributed by atoms with van der Waals surface area (Å²) < 4.78 is 30.0. The van der Waals surface area contributed by atoms with Crippen LogP contribution in [0, 0.1) is 11.8 Å². The van der Waals surface area contributed by atoms with E-state index in [-0.39, 0.29) is 38.7 Å². The summed E-state index contributed by atoms with van der Waals surface area (Å²) in [6.45, 7) is 8.25. The summed E-state index contributed by atoms with van der Waals surface area (Å²) in [5.41, 5.74) is 0.854. The van der Waals surface area contributed by atoms with Gasteiger partial charge in [-0.1, -0.05) is 60.7 Å². The zero-order chi connectivity index (χ0) is 24.4. The predicted molar refractivity (Wildman–Crippen MR) is 132 cm³/mol. The molecule has 1 heterocycles. The number of rotatable bonds is 12. The van der Waals surface area contributed by atoms with Gasteiger partial charge in [0.2, 0.25) is 0 Å². The Morgan fingerprint density at radius 2 is 1.79 bits per heavy atom. The molecule has 1 aromatic heterocycles. The lowest BCUT2D eigenvalue weighted by Gasteiger charge is -2.15. The number of hydrogen-bond donors (Lipinski definition) is 1. The Balaban J connectivity index is 2.17. The van der Waals surface area contributed by atoms with Gasteiger partial charge in [-0.25, -0.2) is 4.98 Å². The first-order chi connectivity index (χ1) is 15.7.